The van der Waals surface area contributed by atoms with E-state index in [1.165, 1.54) is 39.1 Å². The van der Waals surface area contributed by atoms with Crippen LogP contribution in [0.5, 0.6) is 46.0 Å². The van der Waals surface area contributed by atoms with Crippen LogP contribution >= 0.6 is 23.2 Å². The van der Waals surface area contributed by atoms with Gasteiger partial charge in [-0.05, 0) is 128 Å². The van der Waals surface area contributed by atoms with Gasteiger partial charge in [0.15, 0.2) is 23.9 Å². The van der Waals surface area contributed by atoms with Crippen LogP contribution in [-0.4, -0.2) is 248 Å². The fourth-order valence-electron chi connectivity index (χ4n) is 14.7. The zero-order valence-corrected chi connectivity index (χ0v) is 68.5. The van der Waals surface area contributed by atoms with Crippen LogP contribution in [-0.2, 0) is 71.6 Å². The van der Waals surface area contributed by atoms with Crippen LogP contribution < -0.4 is 85.4 Å². The number of nitrogens with two attached hydrogens (primary N) is 5. The first kappa shape index (κ1) is 94.6. The highest BCUT2D eigenvalue weighted by Crippen LogP contribution is 2.50. The summed E-state index contributed by atoms with van der Waals surface area (Å²) in [5.41, 5.74) is 25.6. The first-order chi connectivity index (χ1) is 58.2. The van der Waals surface area contributed by atoms with Gasteiger partial charge in [-0.25, -0.2) is 4.79 Å². The molecule has 21 atom stereocenters. The second kappa shape index (κ2) is 41.2. The first-order valence-corrected chi connectivity index (χ1v) is 39.7. The van der Waals surface area contributed by atoms with Gasteiger partial charge in [-0.15, -0.1) is 0 Å². The number of aliphatic hydroxyl groups excluding tert-OH is 7. The van der Waals surface area contributed by atoms with Crippen molar-refractivity contribution in [2.45, 2.75) is 188 Å². The molecule has 9 bridgehead atoms. The third-order valence-corrected chi connectivity index (χ3v) is 21.8. The number of aliphatic hydroxyl groups is 7. The molecule has 670 valence electrons. The Bertz CT molecular complexity index is 4730. The molecule has 0 spiro atoms. The first-order valence-electron chi connectivity index (χ1n) is 39.0. The van der Waals surface area contributed by atoms with Gasteiger partial charge < -0.3 is 165 Å². The lowest BCUT2D eigenvalue weighted by Gasteiger charge is -2.47. The molecule has 7 aliphatic rings. The van der Waals surface area contributed by atoms with Gasteiger partial charge in [0.25, 0.3) is 0 Å². The van der Waals surface area contributed by atoms with Crippen LogP contribution in [0.2, 0.25) is 10.0 Å². The number of phenolic OH excluding ortho intramolecular Hbond substituents is 3. The lowest BCUT2D eigenvalue weighted by molar-refractivity contribution is -0.333. The third kappa shape index (κ3) is 23.1. The van der Waals surface area contributed by atoms with Gasteiger partial charge >= 0.3 is 6.09 Å². The second-order valence-corrected chi connectivity index (χ2v) is 31.7. The van der Waals surface area contributed by atoms with Crippen LogP contribution in [0.25, 0.3) is 11.1 Å². The number of hydrogen-bond donors (Lipinski definition) is 23. The molecule has 44 heteroatoms. The van der Waals surface area contributed by atoms with E-state index in [0.717, 1.165) is 60.7 Å². The summed E-state index contributed by atoms with van der Waals surface area (Å²) in [6.45, 7) is 4.30. The summed E-state index contributed by atoms with van der Waals surface area (Å²) >= 11 is 14.2. The van der Waals surface area contributed by atoms with Gasteiger partial charge in [0.2, 0.25) is 65.2 Å². The minimum Gasteiger partial charge on any atom is -0.508 e. The number of aromatic hydroxyl groups is 3. The molecule has 0 aromatic heterocycles. The molecule has 123 heavy (non-hydrogen) atoms. The van der Waals surface area contributed by atoms with Gasteiger partial charge in [0, 0.05) is 41.7 Å². The van der Waals surface area contributed by atoms with Crippen molar-refractivity contribution in [2.24, 2.45) is 40.5 Å². The Kier molecular flexibility index (Phi) is 31.7. The fourth-order valence-corrected chi connectivity index (χ4v) is 15.2. The normalized spacial score (nSPS) is 28.4. The Morgan fingerprint density at radius 1 is 0.699 bits per heavy atom. The number of carbonyl (C=O) groups excluding carboxylic acids is 10. The van der Waals surface area contributed by atoms with Crippen LogP contribution in [0.1, 0.15) is 124 Å². The molecule has 42 nitrogen and oxygen atoms in total. The molecule has 10 amide bonds. The smallest absolute Gasteiger partial charge is 0.407 e. The molecule has 0 radical (unpaired) electrons. The fraction of sp³-hybridized carbons (Fsp3) is 0.494. The van der Waals surface area contributed by atoms with E-state index in [9.17, 15) is 89.4 Å². The highest BCUT2D eigenvalue weighted by Gasteiger charge is 2.52. The van der Waals surface area contributed by atoms with Crippen molar-refractivity contribution in [3.63, 3.8) is 0 Å². The second-order valence-electron chi connectivity index (χ2n) is 30.9. The number of halogens is 2. The Labute approximate surface area is 712 Å². The summed E-state index contributed by atoms with van der Waals surface area (Å²) in [5, 5.41) is 134. The molecule has 5 aromatic carbocycles. The van der Waals surface area contributed by atoms with Crippen LogP contribution in [0, 0.1) is 11.8 Å². The highest BCUT2D eigenvalue weighted by molar-refractivity contribution is 6.32. The summed E-state index contributed by atoms with van der Waals surface area (Å²) < 4.78 is 55.0. The molecular weight excluding hydrogens is 1670 g/mol. The predicted octanol–water partition coefficient (Wildman–Crippen LogP) is -1.82. The number of likely N-dealkylation sites (N-methyl/N-ethyl adjacent to an activating group) is 1. The average Bonchev–Trinajstić information content (AvgIpc) is 0.768. The van der Waals surface area contributed by atoms with Gasteiger partial charge in [-0.3, -0.25) is 43.2 Å². The Morgan fingerprint density at radius 2 is 1.36 bits per heavy atom. The van der Waals surface area contributed by atoms with Crippen LogP contribution in [0.4, 0.5) is 4.79 Å². The van der Waals surface area contributed by atoms with Gasteiger partial charge in [-0.2, -0.15) is 0 Å². The summed E-state index contributed by atoms with van der Waals surface area (Å²) in [7, 11) is 1.46. The van der Waals surface area contributed by atoms with Crippen molar-refractivity contribution in [1.29, 1.82) is 0 Å². The number of carbonyl (C=O) groups is 10. The molecule has 6 aliphatic heterocycles. The monoisotopic (exact) mass is 1770 g/mol. The van der Waals surface area contributed by atoms with E-state index < -0.39 is 285 Å². The number of benzene rings is 5. The van der Waals surface area contributed by atoms with E-state index >= 15 is 9.59 Å². The summed E-state index contributed by atoms with van der Waals surface area (Å²) in [6, 6.07) is 1.03. The van der Waals surface area contributed by atoms with Crippen LogP contribution in [0.15, 0.2) is 78.9 Å². The lowest BCUT2D eigenvalue weighted by atomic mass is 9.80. The van der Waals surface area contributed by atoms with Crippen molar-refractivity contribution in [3.05, 3.63) is 117 Å². The van der Waals surface area contributed by atoms with Crippen LogP contribution in [0.3, 0.4) is 0 Å². The number of alkyl carbamates (subject to hydrolysis) is 1. The summed E-state index contributed by atoms with van der Waals surface area (Å²) in [6.07, 6.45) is -22.4. The number of primary amides is 3. The maximum absolute atomic E-state index is 16.0. The zero-order valence-electron chi connectivity index (χ0n) is 67.0. The number of fused-ring (bicyclic) bond motifs is 16. The van der Waals surface area contributed by atoms with Crippen molar-refractivity contribution in [2.75, 3.05) is 46.8 Å². The maximum Gasteiger partial charge on any atom is 0.407 e. The van der Waals surface area contributed by atoms with Gasteiger partial charge in [0.05, 0.1) is 79.8 Å². The standard InChI is InChI=1S/C79H101Cl2N13O29/c1-31(2)18-43(87-5)72(109)94-62-63(102)35-8-12-49(41(81)21-35)119-52-23-36-22-51(67(52)123-77-68(66(105)65(104)53(29-95)120-77)122-56-28-79(4,86)69(106)32(3)117-56)118-48-11-7-33(20-40(48)80)46(98)27-55(101)91-61(74(111)89-30-116-17-16-115-15-14-88-78(114)121-50-13-9-42(82)64(103)58(50)70(84)107)39-24-37(96)25-47(99)57(39)38-19-34(6-10-45(38)97)59(71(85)108)92-75(112)60(36)93-73(110)44(26-54(83)100)90-76(62)113/h6-8,10-12,19-25,31-32,42-44,46,50,53,56,58-66,68-69,77,87,95-99,102-106H,9,13-18,26-30,82,86H2,1-5H3,(H2,83,100)(H2,84,107)(H2,85,108)(H,88,114)(H,89,111)(H,90,113)(H,91,101)(H,92,112)(H,93,110)(H,94,109)/t32-,42?,43-,44+,46+,50?,53+,56-,58?,59-,60-,61?,62-,63-,64?,65-,66+,68+,69-,77?,79+/m1/s1. The number of hydrogen-bond acceptors (Lipinski definition) is 32. The minimum absolute atomic E-state index is 0.117. The molecule has 5 aromatic rings. The third-order valence-electron chi connectivity index (χ3n) is 21.2. The number of phenols is 3. The van der Waals surface area contributed by atoms with Gasteiger partial charge in [-0.1, -0.05) is 55.2 Å². The molecule has 1 aliphatic carbocycles. The Balaban J connectivity index is 1.09. The molecule has 1 saturated carbocycles. The number of rotatable bonds is 24. The highest BCUT2D eigenvalue weighted by atomic mass is 35.5. The van der Waals surface area contributed by atoms with Gasteiger partial charge in [0.1, 0.15) is 102 Å². The Hall–Kier alpha value is -10.6. The molecule has 3 fully saturated rings. The molecule has 2 saturated heterocycles. The lowest BCUT2D eigenvalue weighted by Crippen LogP contribution is -2.64. The van der Waals surface area contributed by atoms with E-state index in [1.54, 1.807) is 0 Å². The SMILES string of the molecule is CN[C@H](CC(C)C)C(=O)N[C@H]1C(=O)N[C@@H](CC(N)=O)C(=O)N[C@H]2C(=O)N[C@@H](C(N)=O)c3ccc(O)c(c3)-c3c(O)cc(O)cc3C(C(=O)NCOCCOCCNC(=O)OC3CCC(N)C(O)C3C(N)=O)NC(=O)C[C@H](O)c3ccc(c(Cl)c3)Oc3cc2cc(c3OC2O[C@@H](CO)[C@@H](O)[C@H](O)[C@@H]2O[C@@H]2C[C@](C)(N)[C@H](O)[C@@H](C)O2)Oc2ccc(cc2Cl)[C@H]1O. The van der Waals surface area contributed by atoms with E-state index in [0.29, 0.717) is 0 Å². The van der Waals surface area contributed by atoms with Crippen molar-refractivity contribution in [1.82, 2.24) is 42.5 Å². The Morgan fingerprint density at radius 3 is 1.98 bits per heavy atom. The maximum atomic E-state index is 16.0. The number of amides is 10. The molecule has 6 unspecified atom stereocenters. The largest absolute Gasteiger partial charge is 0.508 e. The van der Waals surface area contributed by atoms with Crippen molar-refractivity contribution < 1.29 is 142 Å². The summed E-state index contributed by atoms with van der Waals surface area (Å²) in [4.78, 5) is 142. The van der Waals surface area contributed by atoms with Crippen molar-refractivity contribution in [3.8, 4) is 57.1 Å². The molecule has 28 N–H and O–H groups in total. The molecule has 12 rings (SSSR count). The number of nitrogens with one attached hydrogen (secondary N) is 8. The van der Waals surface area contributed by atoms with Crippen molar-refractivity contribution >= 4 is 82.5 Å². The van der Waals surface area contributed by atoms with E-state index in [2.05, 4.69) is 42.5 Å². The quantitative estimate of drug-likeness (QED) is 0.0239. The topological polar surface area (TPSA) is 682 Å². The average molecular weight is 1770 g/mol. The summed E-state index contributed by atoms with van der Waals surface area (Å²) in [5.74, 6) is -17.5. The molecule has 6 heterocycles. The minimum atomic E-state index is -2.37. The number of ether oxygens (including phenoxy) is 9. The zero-order chi connectivity index (χ0) is 89.9. The molecular formula is C79H101Cl2N13O29. The van der Waals surface area contributed by atoms with E-state index in [-0.39, 0.29) is 80.4 Å². The predicted molar refractivity (Wildman–Crippen MR) is 427 cm³/mol. The van der Waals surface area contributed by atoms with E-state index in [4.69, 9.17) is 94.5 Å². The van der Waals surface area contributed by atoms with E-state index in [1.807, 2.05) is 13.8 Å².